The Bertz CT molecular complexity index is 266. The fourth-order valence-electron chi connectivity index (χ4n) is 3.05. The smallest absolute Gasteiger partial charge is 0.226 e. The molecule has 4 heteroatoms. The van der Waals surface area contributed by atoms with E-state index in [0.29, 0.717) is 24.4 Å². The van der Waals surface area contributed by atoms with Crippen molar-refractivity contribution in [2.24, 2.45) is 17.1 Å². The second kappa shape index (κ2) is 6.05. The van der Waals surface area contributed by atoms with Crippen molar-refractivity contribution in [3.8, 4) is 0 Å². The van der Waals surface area contributed by atoms with Crippen molar-refractivity contribution in [3.63, 3.8) is 0 Å². The van der Waals surface area contributed by atoms with Crippen LogP contribution >= 0.6 is 12.4 Å². The number of nitrogens with one attached hydrogen (secondary N) is 1. The highest BCUT2D eigenvalue weighted by Gasteiger charge is 2.49. The van der Waals surface area contributed by atoms with Gasteiger partial charge in [-0.3, -0.25) is 4.79 Å². The van der Waals surface area contributed by atoms with Crippen LogP contribution in [-0.2, 0) is 4.79 Å². The lowest BCUT2D eigenvalue weighted by atomic mass is 9.97. The number of hydrogen-bond donors (Lipinski definition) is 2. The molecule has 2 aliphatic rings. The number of rotatable bonds is 5. The molecule has 2 aliphatic carbocycles. The highest BCUT2D eigenvalue weighted by Crippen LogP contribution is 2.50. The summed E-state index contributed by atoms with van der Waals surface area (Å²) in [5, 5.41) is 3.25. The fourth-order valence-corrected chi connectivity index (χ4v) is 3.05. The lowest BCUT2D eigenvalue weighted by Gasteiger charge is -2.23. The lowest BCUT2D eigenvalue weighted by molar-refractivity contribution is -0.127. The van der Waals surface area contributed by atoms with Crippen molar-refractivity contribution in [3.05, 3.63) is 0 Å². The molecule has 0 spiro atoms. The van der Waals surface area contributed by atoms with E-state index in [1.165, 1.54) is 12.8 Å². The molecule has 2 rings (SSSR count). The van der Waals surface area contributed by atoms with Gasteiger partial charge in [0.15, 0.2) is 0 Å². The van der Waals surface area contributed by atoms with Crippen molar-refractivity contribution >= 4 is 18.3 Å². The van der Waals surface area contributed by atoms with Gasteiger partial charge in [0.25, 0.3) is 0 Å². The van der Waals surface area contributed by atoms with Gasteiger partial charge in [-0.05, 0) is 44.6 Å². The molecule has 0 aromatic heterocycles. The third kappa shape index (κ3) is 3.14. The van der Waals surface area contributed by atoms with Gasteiger partial charge >= 0.3 is 0 Å². The van der Waals surface area contributed by atoms with E-state index in [2.05, 4.69) is 12.2 Å². The summed E-state index contributed by atoms with van der Waals surface area (Å²) in [7, 11) is 0. The summed E-state index contributed by atoms with van der Waals surface area (Å²) in [6.45, 7) is 2.87. The minimum atomic E-state index is 0. The van der Waals surface area contributed by atoms with E-state index in [0.717, 1.165) is 32.1 Å². The van der Waals surface area contributed by atoms with E-state index in [4.69, 9.17) is 5.73 Å². The zero-order valence-electron chi connectivity index (χ0n) is 10.7. The average molecular weight is 261 g/mol. The Kier molecular flexibility index (Phi) is 5.26. The summed E-state index contributed by atoms with van der Waals surface area (Å²) >= 11 is 0. The zero-order valence-corrected chi connectivity index (χ0v) is 11.5. The Balaban J connectivity index is 0.00000144. The summed E-state index contributed by atoms with van der Waals surface area (Å²) in [6, 6.07) is 0.354. The van der Waals surface area contributed by atoms with E-state index in [1.54, 1.807) is 0 Å². The van der Waals surface area contributed by atoms with Crippen LogP contribution in [0.4, 0.5) is 0 Å². The van der Waals surface area contributed by atoms with Crippen LogP contribution in [0.1, 0.15) is 51.9 Å². The minimum absolute atomic E-state index is 0. The van der Waals surface area contributed by atoms with Crippen molar-refractivity contribution in [1.82, 2.24) is 5.32 Å². The van der Waals surface area contributed by atoms with Crippen LogP contribution in [-0.4, -0.2) is 18.5 Å². The first-order chi connectivity index (χ1) is 7.72. The molecule has 0 saturated heterocycles. The Morgan fingerprint density at radius 1 is 1.41 bits per heavy atom. The first kappa shape index (κ1) is 14.8. The molecule has 3 nitrogen and oxygen atoms in total. The van der Waals surface area contributed by atoms with Crippen molar-refractivity contribution < 1.29 is 4.79 Å². The van der Waals surface area contributed by atoms with Crippen LogP contribution in [0.15, 0.2) is 0 Å². The summed E-state index contributed by atoms with van der Waals surface area (Å²) in [4.78, 5) is 12.2. The molecule has 0 bridgehead atoms. The van der Waals surface area contributed by atoms with Crippen molar-refractivity contribution in [2.45, 2.75) is 57.9 Å². The normalized spacial score (nSPS) is 29.5. The van der Waals surface area contributed by atoms with Crippen LogP contribution in [0, 0.1) is 11.3 Å². The van der Waals surface area contributed by atoms with Gasteiger partial charge in [0.2, 0.25) is 5.91 Å². The molecule has 2 fully saturated rings. The largest absolute Gasteiger partial charge is 0.353 e. The topological polar surface area (TPSA) is 55.1 Å². The van der Waals surface area contributed by atoms with Crippen LogP contribution in [0.5, 0.6) is 0 Å². The molecular formula is C13H25ClN2O. The molecule has 0 heterocycles. The van der Waals surface area contributed by atoms with E-state index < -0.39 is 0 Å². The summed E-state index contributed by atoms with van der Waals surface area (Å²) in [5.41, 5.74) is 5.74. The van der Waals surface area contributed by atoms with E-state index in [1.807, 2.05) is 0 Å². The number of hydrogen-bond acceptors (Lipinski definition) is 2. The lowest BCUT2D eigenvalue weighted by Crippen LogP contribution is -2.43. The molecule has 0 aromatic rings. The zero-order chi connectivity index (χ0) is 11.6. The molecule has 2 unspecified atom stereocenters. The predicted molar refractivity (Wildman–Crippen MR) is 72.1 cm³/mol. The quantitative estimate of drug-likeness (QED) is 0.797. The van der Waals surface area contributed by atoms with Crippen LogP contribution in [0.3, 0.4) is 0 Å². The third-order valence-corrected chi connectivity index (χ3v) is 4.34. The number of nitrogens with two attached hydrogens (primary N) is 1. The number of carbonyl (C=O) groups excluding carboxylic acids is 1. The molecule has 17 heavy (non-hydrogen) atoms. The average Bonchev–Trinajstić information content (AvgIpc) is 2.92. The second-order valence-electron chi connectivity index (χ2n) is 5.54. The van der Waals surface area contributed by atoms with Crippen LogP contribution in [0.25, 0.3) is 0 Å². The van der Waals surface area contributed by atoms with Crippen LogP contribution < -0.4 is 11.1 Å². The third-order valence-electron chi connectivity index (χ3n) is 4.34. The summed E-state index contributed by atoms with van der Waals surface area (Å²) < 4.78 is 0. The van der Waals surface area contributed by atoms with Gasteiger partial charge in [0, 0.05) is 11.5 Å². The predicted octanol–water partition coefficient (Wildman–Crippen LogP) is 2.23. The first-order valence-corrected chi connectivity index (χ1v) is 6.73. The van der Waals surface area contributed by atoms with Gasteiger partial charge in [-0.25, -0.2) is 0 Å². The van der Waals surface area contributed by atoms with Crippen molar-refractivity contribution in [2.75, 3.05) is 6.54 Å². The Labute approximate surface area is 110 Å². The highest BCUT2D eigenvalue weighted by molar-refractivity contribution is 5.85. The standard InChI is InChI=1S/C13H24N2O.ClH/c1-2-6-13(7-8-13)12(16)15-11-5-3-4-10(11)9-14;/h10-11H,2-9,14H2,1H3,(H,15,16);1H. The van der Waals surface area contributed by atoms with Gasteiger partial charge in [0.05, 0.1) is 0 Å². The fraction of sp³-hybridized carbons (Fsp3) is 0.923. The number of amides is 1. The van der Waals surface area contributed by atoms with Gasteiger partial charge in [0.1, 0.15) is 0 Å². The monoisotopic (exact) mass is 260 g/mol. The van der Waals surface area contributed by atoms with E-state index in [9.17, 15) is 4.79 Å². The molecule has 2 saturated carbocycles. The van der Waals surface area contributed by atoms with Gasteiger partial charge in [-0.15, -0.1) is 12.4 Å². The maximum atomic E-state index is 12.2. The first-order valence-electron chi connectivity index (χ1n) is 6.73. The molecule has 100 valence electrons. The second-order valence-corrected chi connectivity index (χ2v) is 5.54. The maximum Gasteiger partial charge on any atom is 0.226 e. The maximum absolute atomic E-state index is 12.2. The summed E-state index contributed by atoms with van der Waals surface area (Å²) in [5.74, 6) is 0.820. The van der Waals surface area contributed by atoms with E-state index in [-0.39, 0.29) is 17.8 Å². The Morgan fingerprint density at radius 2 is 2.12 bits per heavy atom. The summed E-state index contributed by atoms with van der Waals surface area (Å²) in [6.07, 6.45) is 7.86. The van der Waals surface area contributed by atoms with Crippen LogP contribution in [0.2, 0.25) is 0 Å². The molecular weight excluding hydrogens is 236 g/mol. The molecule has 0 radical (unpaired) electrons. The number of halogens is 1. The molecule has 0 aromatic carbocycles. The molecule has 0 aliphatic heterocycles. The van der Waals surface area contributed by atoms with Gasteiger partial charge in [-0.1, -0.05) is 19.8 Å². The molecule has 3 N–H and O–H groups in total. The number of carbonyl (C=O) groups is 1. The minimum Gasteiger partial charge on any atom is -0.353 e. The van der Waals surface area contributed by atoms with Gasteiger partial charge in [-0.2, -0.15) is 0 Å². The molecule has 2 atom stereocenters. The Hall–Kier alpha value is -0.280. The SMILES string of the molecule is CCCC1(C(=O)NC2CCCC2CN)CC1.Cl. The highest BCUT2D eigenvalue weighted by atomic mass is 35.5. The van der Waals surface area contributed by atoms with Gasteiger partial charge < -0.3 is 11.1 Å². The molecule has 1 amide bonds. The van der Waals surface area contributed by atoms with Crippen molar-refractivity contribution in [1.29, 1.82) is 0 Å². The Morgan fingerprint density at radius 3 is 2.65 bits per heavy atom. The van der Waals surface area contributed by atoms with E-state index >= 15 is 0 Å².